The third-order valence-corrected chi connectivity index (χ3v) is 5.29. The Morgan fingerprint density at radius 2 is 2.06 bits per heavy atom. The summed E-state index contributed by atoms with van der Waals surface area (Å²) in [5.74, 6) is -0.547. The van der Waals surface area contributed by atoms with Gasteiger partial charge in [-0.05, 0) is 37.3 Å². The van der Waals surface area contributed by atoms with Crippen LogP contribution in [0.4, 0.5) is 0 Å². The van der Waals surface area contributed by atoms with Crippen molar-refractivity contribution in [3.05, 3.63) is 30.1 Å². The van der Waals surface area contributed by atoms with E-state index >= 15 is 0 Å². The Morgan fingerprint density at radius 1 is 1.29 bits per heavy atom. The molecule has 9 nitrogen and oxygen atoms in total. The van der Waals surface area contributed by atoms with Crippen molar-refractivity contribution in [1.82, 2.24) is 25.9 Å². The Labute approximate surface area is 181 Å². The maximum Gasteiger partial charge on any atom is 0.287 e. The Hall–Kier alpha value is -3.23. The summed E-state index contributed by atoms with van der Waals surface area (Å²) in [6, 6.07) is 6.24. The number of hydrogen-bond acceptors (Lipinski definition) is 5. The maximum absolute atomic E-state index is 13.0. The topological polar surface area (TPSA) is 128 Å². The van der Waals surface area contributed by atoms with Gasteiger partial charge in [0.25, 0.3) is 5.91 Å². The van der Waals surface area contributed by atoms with Gasteiger partial charge in [-0.25, -0.2) is 4.98 Å². The van der Waals surface area contributed by atoms with Crippen LogP contribution in [-0.4, -0.2) is 59.6 Å². The zero-order valence-electron chi connectivity index (χ0n) is 18.1. The standard InChI is InChI=1S/C22H30N6O3/c1-13(2)10-18(28-22(31)19-26-16-6-4-5-7-17(16)27-19)21(30)25-15(12-23-3)11-14-8-9-24-20(14)29/h4-7,12-15,18H,8-11H2,1-3H3,(H,24,29)(H,25,30)(H,26,27)(H,28,31)/b23-12-. The van der Waals surface area contributed by atoms with Crippen molar-refractivity contribution < 1.29 is 14.4 Å². The molecule has 1 aromatic carbocycles. The molecular weight excluding hydrogens is 396 g/mol. The number of imidazole rings is 1. The molecule has 0 saturated carbocycles. The van der Waals surface area contributed by atoms with Gasteiger partial charge in [0.1, 0.15) is 6.04 Å². The maximum atomic E-state index is 13.0. The number of rotatable bonds is 9. The molecular formula is C22H30N6O3. The molecule has 3 unspecified atom stereocenters. The molecule has 1 aliphatic heterocycles. The molecule has 3 rings (SSSR count). The first-order valence-electron chi connectivity index (χ1n) is 10.6. The van der Waals surface area contributed by atoms with Crippen LogP contribution in [0, 0.1) is 11.8 Å². The summed E-state index contributed by atoms with van der Waals surface area (Å²) in [6.07, 6.45) is 3.32. The lowest BCUT2D eigenvalue weighted by Gasteiger charge is -2.23. The van der Waals surface area contributed by atoms with E-state index in [4.69, 9.17) is 0 Å². The number of hydrogen-bond donors (Lipinski definition) is 4. The highest BCUT2D eigenvalue weighted by Crippen LogP contribution is 2.16. The number of para-hydroxylation sites is 2. The van der Waals surface area contributed by atoms with Gasteiger partial charge in [-0.3, -0.25) is 19.4 Å². The van der Waals surface area contributed by atoms with E-state index in [9.17, 15) is 14.4 Å². The lowest BCUT2D eigenvalue weighted by molar-refractivity contribution is -0.125. The van der Waals surface area contributed by atoms with E-state index in [0.29, 0.717) is 24.9 Å². The van der Waals surface area contributed by atoms with Gasteiger partial charge in [0.05, 0.1) is 17.1 Å². The predicted molar refractivity (Wildman–Crippen MR) is 119 cm³/mol. The highest BCUT2D eigenvalue weighted by Gasteiger charge is 2.30. The fraction of sp³-hybridized carbons (Fsp3) is 0.500. The van der Waals surface area contributed by atoms with Gasteiger partial charge in [0.15, 0.2) is 5.82 Å². The third-order valence-electron chi connectivity index (χ3n) is 5.29. The number of H-pyrrole nitrogens is 1. The molecule has 0 bridgehead atoms. The second-order valence-electron chi connectivity index (χ2n) is 8.29. The van der Waals surface area contributed by atoms with E-state index in [0.717, 1.165) is 11.9 Å². The first-order valence-corrected chi connectivity index (χ1v) is 10.6. The van der Waals surface area contributed by atoms with Crippen molar-refractivity contribution in [1.29, 1.82) is 0 Å². The molecule has 9 heteroatoms. The van der Waals surface area contributed by atoms with Gasteiger partial charge in [-0.15, -0.1) is 0 Å². The summed E-state index contributed by atoms with van der Waals surface area (Å²) < 4.78 is 0. The molecule has 1 saturated heterocycles. The van der Waals surface area contributed by atoms with E-state index in [1.165, 1.54) is 0 Å². The fourth-order valence-corrected chi connectivity index (χ4v) is 3.79. The van der Waals surface area contributed by atoms with Gasteiger partial charge >= 0.3 is 0 Å². The summed E-state index contributed by atoms with van der Waals surface area (Å²) in [5, 5.41) is 8.56. The predicted octanol–water partition coefficient (Wildman–Crippen LogP) is 1.42. The van der Waals surface area contributed by atoms with E-state index < -0.39 is 11.9 Å². The molecule has 1 fully saturated rings. The van der Waals surface area contributed by atoms with Gasteiger partial charge in [-0.2, -0.15) is 0 Å². The highest BCUT2D eigenvalue weighted by atomic mass is 16.2. The van der Waals surface area contributed by atoms with Crippen molar-refractivity contribution in [2.45, 2.75) is 45.2 Å². The monoisotopic (exact) mass is 426 g/mol. The molecule has 0 radical (unpaired) electrons. The summed E-state index contributed by atoms with van der Waals surface area (Å²) in [6.45, 7) is 4.62. The molecule has 2 aromatic rings. The van der Waals surface area contributed by atoms with E-state index in [-0.39, 0.29) is 35.5 Å². The average molecular weight is 427 g/mol. The number of nitrogens with zero attached hydrogens (tertiary/aromatic N) is 2. The fourth-order valence-electron chi connectivity index (χ4n) is 3.79. The van der Waals surface area contributed by atoms with Gasteiger partial charge in [0, 0.05) is 25.7 Å². The summed E-state index contributed by atoms with van der Waals surface area (Å²) in [7, 11) is 1.63. The second kappa shape index (κ2) is 10.2. The average Bonchev–Trinajstić information content (AvgIpc) is 3.33. The van der Waals surface area contributed by atoms with Crippen molar-refractivity contribution in [3.8, 4) is 0 Å². The molecule has 1 aromatic heterocycles. The quantitative estimate of drug-likeness (QED) is 0.452. The van der Waals surface area contributed by atoms with Crippen LogP contribution in [-0.2, 0) is 9.59 Å². The zero-order valence-corrected chi connectivity index (χ0v) is 18.1. The van der Waals surface area contributed by atoms with Crippen LogP contribution >= 0.6 is 0 Å². The minimum atomic E-state index is -0.731. The molecule has 4 N–H and O–H groups in total. The van der Waals surface area contributed by atoms with Crippen LogP contribution in [0.15, 0.2) is 29.3 Å². The van der Waals surface area contributed by atoms with Crippen molar-refractivity contribution >= 4 is 35.0 Å². The first-order chi connectivity index (χ1) is 14.9. The number of carbonyl (C=O) groups is 3. The first kappa shape index (κ1) is 22.5. The largest absolute Gasteiger partial charge is 0.356 e. The van der Waals surface area contributed by atoms with E-state index in [1.54, 1.807) is 13.3 Å². The third kappa shape index (κ3) is 5.90. The molecule has 1 aliphatic rings. The number of aliphatic imine (C=N–C) groups is 1. The number of fused-ring (bicyclic) bond motifs is 1. The van der Waals surface area contributed by atoms with Crippen LogP contribution < -0.4 is 16.0 Å². The normalized spacial score (nSPS) is 18.3. The number of benzene rings is 1. The smallest absolute Gasteiger partial charge is 0.287 e. The van der Waals surface area contributed by atoms with Crippen molar-refractivity contribution in [3.63, 3.8) is 0 Å². The molecule has 2 heterocycles. The Bertz CT molecular complexity index is 934. The van der Waals surface area contributed by atoms with Crippen LogP contribution in [0.2, 0.25) is 0 Å². The molecule has 0 spiro atoms. The van der Waals surface area contributed by atoms with Crippen LogP contribution in [0.3, 0.4) is 0 Å². The minimum Gasteiger partial charge on any atom is -0.356 e. The van der Waals surface area contributed by atoms with Crippen LogP contribution in [0.25, 0.3) is 11.0 Å². The van der Waals surface area contributed by atoms with Crippen molar-refractivity contribution in [2.24, 2.45) is 16.8 Å². The summed E-state index contributed by atoms with van der Waals surface area (Å²) in [4.78, 5) is 49.1. The molecule has 166 valence electrons. The number of amides is 3. The Kier molecular flexibility index (Phi) is 7.38. The lowest BCUT2D eigenvalue weighted by atomic mass is 9.97. The number of nitrogens with one attached hydrogen (secondary N) is 4. The molecule has 3 atom stereocenters. The number of aromatic amines is 1. The van der Waals surface area contributed by atoms with Crippen LogP contribution in [0.1, 0.15) is 43.7 Å². The van der Waals surface area contributed by atoms with Crippen molar-refractivity contribution in [2.75, 3.05) is 13.6 Å². The summed E-state index contributed by atoms with van der Waals surface area (Å²) >= 11 is 0. The Morgan fingerprint density at radius 3 is 2.71 bits per heavy atom. The minimum absolute atomic E-state index is 0.000621. The van der Waals surface area contributed by atoms with E-state index in [1.807, 2.05) is 38.1 Å². The highest BCUT2D eigenvalue weighted by molar-refractivity contribution is 5.97. The van der Waals surface area contributed by atoms with Gasteiger partial charge in [0.2, 0.25) is 11.8 Å². The number of carbonyl (C=O) groups excluding carboxylic acids is 3. The van der Waals surface area contributed by atoms with E-state index in [2.05, 4.69) is 30.9 Å². The lowest BCUT2D eigenvalue weighted by Crippen LogP contribution is -2.51. The second-order valence-corrected chi connectivity index (χ2v) is 8.29. The summed E-state index contributed by atoms with van der Waals surface area (Å²) in [5.41, 5.74) is 1.44. The Balaban J connectivity index is 1.69. The molecule has 31 heavy (non-hydrogen) atoms. The van der Waals surface area contributed by atoms with Gasteiger partial charge < -0.3 is 20.9 Å². The zero-order chi connectivity index (χ0) is 22.4. The van der Waals surface area contributed by atoms with Gasteiger partial charge in [-0.1, -0.05) is 26.0 Å². The number of aromatic nitrogens is 2. The van der Waals surface area contributed by atoms with Crippen LogP contribution in [0.5, 0.6) is 0 Å². The molecule has 3 amide bonds. The molecule has 0 aliphatic carbocycles. The SMILES string of the molecule is C/N=C\C(CC1CCNC1=O)NC(=O)C(CC(C)C)NC(=O)c1nc2ccccc2[nH]1.